The summed E-state index contributed by atoms with van der Waals surface area (Å²) in [7, 11) is 0. The molecule has 0 bridgehead atoms. The van der Waals surface area contributed by atoms with E-state index in [1.54, 1.807) is 24.3 Å². The van der Waals surface area contributed by atoms with Crippen molar-refractivity contribution in [1.82, 2.24) is 0 Å². The van der Waals surface area contributed by atoms with Gasteiger partial charge in [0.05, 0.1) is 13.2 Å². The molecule has 0 aliphatic rings. The molecule has 30 heavy (non-hydrogen) atoms. The van der Waals surface area contributed by atoms with E-state index in [4.69, 9.17) is 9.47 Å². The molecular formula is C27H29FO2. The topological polar surface area (TPSA) is 18.5 Å². The quantitative estimate of drug-likeness (QED) is 0.386. The van der Waals surface area contributed by atoms with Gasteiger partial charge in [-0.1, -0.05) is 68.5 Å². The van der Waals surface area contributed by atoms with Crippen molar-refractivity contribution < 1.29 is 13.9 Å². The number of rotatable bonds is 8. The zero-order valence-corrected chi connectivity index (χ0v) is 18.1. The summed E-state index contributed by atoms with van der Waals surface area (Å²) in [5.74, 6) is 0.420. The largest absolute Gasteiger partial charge is 0.454 e. The minimum atomic E-state index is -0.389. The molecule has 0 saturated heterocycles. The molecular weight excluding hydrogens is 375 g/mol. The predicted molar refractivity (Wildman–Crippen MR) is 121 cm³/mol. The van der Waals surface area contributed by atoms with Crippen molar-refractivity contribution in [2.24, 2.45) is 0 Å². The normalized spacial score (nSPS) is 12.1. The van der Waals surface area contributed by atoms with Crippen molar-refractivity contribution in [2.45, 2.75) is 39.7 Å². The Balaban J connectivity index is 1.62. The monoisotopic (exact) mass is 404 g/mol. The second kappa shape index (κ2) is 9.73. The summed E-state index contributed by atoms with van der Waals surface area (Å²) in [6.45, 7) is 9.44. The summed E-state index contributed by atoms with van der Waals surface area (Å²) in [6.07, 6.45) is 2.11. The molecule has 0 radical (unpaired) electrons. The zero-order chi connectivity index (χ0) is 21.6. The van der Waals surface area contributed by atoms with Crippen LogP contribution in [0.5, 0.6) is 11.5 Å². The summed E-state index contributed by atoms with van der Waals surface area (Å²) < 4.78 is 25.8. The van der Waals surface area contributed by atoms with Crippen molar-refractivity contribution in [3.05, 3.63) is 101 Å². The number of hydrogen-bond acceptors (Lipinski definition) is 2. The molecule has 0 saturated carbocycles. The van der Waals surface area contributed by atoms with E-state index in [2.05, 4.69) is 51.1 Å². The van der Waals surface area contributed by atoms with E-state index in [1.165, 1.54) is 22.8 Å². The van der Waals surface area contributed by atoms with Gasteiger partial charge in [-0.3, -0.25) is 0 Å². The Kier molecular flexibility index (Phi) is 7.07. The summed E-state index contributed by atoms with van der Waals surface area (Å²) in [6, 6.07) is 22.7. The summed E-state index contributed by atoms with van der Waals surface area (Å²) in [5, 5.41) is 0. The molecule has 0 aromatic heterocycles. The van der Waals surface area contributed by atoms with Crippen LogP contribution in [0.3, 0.4) is 0 Å². The summed E-state index contributed by atoms with van der Waals surface area (Å²) >= 11 is 0. The second-order valence-corrected chi connectivity index (χ2v) is 8.11. The van der Waals surface area contributed by atoms with E-state index in [-0.39, 0.29) is 17.0 Å². The summed E-state index contributed by atoms with van der Waals surface area (Å²) in [4.78, 5) is 0. The lowest BCUT2D eigenvalue weighted by Crippen LogP contribution is -2.24. The highest BCUT2D eigenvalue weighted by Gasteiger charge is 2.21. The number of ether oxygens (including phenoxy) is 2. The predicted octanol–water partition coefficient (Wildman–Crippen LogP) is 7.54. The van der Waals surface area contributed by atoms with Crippen LogP contribution < -0.4 is 4.74 Å². The van der Waals surface area contributed by atoms with Crippen LogP contribution in [0.1, 0.15) is 44.4 Å². The third-order valence-corrected chi connectivity index (χ3v) is 5.25. The first-order valence-electron chi connectivity index (χ1n) is 10.2. The highest BCUT2D eigenvalue weighted by molar-refractivity contribution is 5.63. The molecule has 156 valence electrons. The van der Waals surface area contributed by atoms with Crippen LogP contribution in [0.15, 0.2) is 78.9 Å². The maximum absolute atomic E-state index is 14.1. The minimum Gasteiger partial charge on any atom is -0.454 e. The maximum atomic E-state index is 14.1. The Hall–Kier alpha value is -2.91. The van der Waals surface area contributed by atoms with Gasteiger partial charge >= 0.3 is 0 Å². The van der Waals surface area contributed by atoms with Gasteiger partial charge in [0, 0.05) is 5.41 Å². The van der Waals surface area contributed by atoms with Crippen LogP contribution in [0.2, 0.25) is 0 Å². The van der Waals surface area contributed by atoms with E-state index in [1.807, 2.05) is 25.1 Å². The van der Waals surface area contributed by atoms with E-state index < -0.39 is 0 Å². The number of hydrogen-bond donors (Lipinski definition) is 0. The van der Waals surface area contributed by atoms with Crippen molar-refractivity contribution in [1.29, 1.82) is 0 Å². The molecule has 0 heterocycles. The molecule has 0 N–H and O–H groups in total. The summed E-state index contributed by atoms with van der Waals surface area (Å²) in [5.41, 5.74) is 4.46. The molecule has 0 amide bonds. The van der Waals surface area contributed by atoms with Crippen molar-refractivity contribution in [3.63, 3.8) is 0 Å². The van der Waals surface area contributed by atoms with E-state index in [0.717, 1.165) is 5.56 Å². The number of para-hydroxylation sites is 1. The van der Waals surface area contributed by atoms with Crippen molar-refractivity contribution in [3.8, 4) is 11.5 Å². The first-order valence-corrected chi connectivity index (χ1v) is 10.2. The zero-order valence-electron chi connectivity index (χ0n) is 18.1. The number of allylic oxidation sites excluding steroid dienone is 2. The van der Waals surface area contributed by atoms with Crippen LogP contribution in [0, 0.1) is 5.82 Å². The Morgan fingerprint density at radius 1 is 0.967 bits per heavy atom. The third-order valence-electron chi connectivity index (χ3n) is 5.25. The van der Waals surface area contributed by atoms with Gasteiger partial charge in [0.15, 0.2) is 11.6 Å². The van der Waals surface area contributed by atoms with E-state index >= 15 is 0 Å². The molecule has 3 heteroatoms. The fourth-order valence-electron chi connectivity index (χ4n) is 3.19. The first-order chi connectivity index (χ1) is 14.4. The maximum Gasteiger partial charge on any atom is 0.165 e. The van der Waals surface area contributed by atoms with E-state index in [0.29, 0.717) is 19.0 Å². The average molecular weight is 405 g/mol. The van der Waals surface area contributed by atoms with Crippen molar-refractivity contribution in [2.75, 3.05) is 6.61 Å². The second-order valence-electron chi connectivity index (χ2n) is 8.11. The molecule has 3 aromatic carbocycles. The van der Waals surface area contributed by atoms with Crippen LogP contribution in [0.25, 0.3) is 5.57 Å². The van der Waals surface area contributed by atoms with Gasteiger partial charge in [0.2, 0.25) is 0 Å². The Labute approximate surface area is 179 Å². The standard InChI is InChI=1S/C27H29FO2/c1-5-20(2)22-12-14-23(15-13-22)27(3,4)19-29-18-21-11-16-25(28)26(17-21)30-24-9-7-6-8-10-24/h5-17H,18-19H2,1-4H3/b20-5-. The van der Waals surface area contributed by atoms with Gasteiger partial charge < -0.3 is 9.47 Å². The highest BCUT2D eigenvalue weighted by atomic mass is 19.1. The highest BCUT2D eigenvalue weighted by Crippen LogP contribution is 2.28. The number of halogens is 1. The molecule has 0 unspecified atom stereocenters. The fraction of sp³-hybridized carbons (Fsp3) is 0.259. The van der Waals surface area contributed by atoms with Crippen LogP contribution in [-0.2, 0) is 16.8 Å². The molecule has 3 rings (SSSR count). The first kappa shape index (κ1) is 21.8. The van der Waals surface area contributed by atoms with Gasteiger partial charge in [0.1, 0.15) is 5.75 Å². The van der Waals surface area contributed by atoms with Crippen LogP contribution in [0.4, 0.5) is 4.39 Å². The molecule has 0 aliphatic carbocycles. The Morgan fingerprint density at radius 2 is 1.67 bits per heavy atom. The van der Waals surface area contributed by atoms with Gasteiger partial charge in [-0.05, 0) is 60.4 Å². The average Bonchev–Trinajstić information content (AvgIpc) is 2.76. The van der Waals surface area contributed by atoms with Gasteiger partial charge in [-0.2, -0.15) is 0 Å². The van der Waals surface area contributed by atoms with Crippen LogP contribution in [-0.4, -0.2) is 6.61 Å². The molecule has 0 aliphatic heterocycles. The lowest BCUT2D eigenvalue weighted by atomic mass is 9.85. The van der Waals surface area contributed by atoms with E-state index in [9.17, 15) is 4.39 Å². The molecule has 3 aromatic rings. The number of benzene rings is 3. The Bertz CT molecular complexity index is 989. The SMILES string of the molecule is C/C=C(/C)c1ccc(C(C)(C)COCc2ccc(F)c(Oc3ccccc3)c2)cc1. The Morgan fingerprint density at radius 3 is 2.33 bits per heavy atom. The molecule has 0 spiro atoms. The molecule has 0 atom stereocenters. The van der Waals surface area contributed by atoms with Crippen molar-refractivity contribution >= 4 is 5.57 Å². The van der Waals surface area contributed by atoms with Crippen LogP contribution >= 0.6 is 0 Å². The minimum absolute atomic E-state index is 0.133. The third kappa shape index (κ3) is 5.58. The smallest absolute Gasteiger partial charge is 0.165 e. The van der Waals surface area contributed by atoms with Gasteiger partial charge in [0.25, 0.3) is 0 Å². The van der Waals surface area contributed by atoms with Gasteiger partial charge in [-0.15, -0.1) is 0 Å². The molecule has 2 nitrogen and oxygen atoms in total. The van der Waals surface area contributed by atoms with Gasteiger partial charge in [-0.25, -0.2) is 4.39 Å². The molecule has 0 fully saturated rings. The fourth-order valence-corrected chi connectivity index (χ4v) is 3.19. The lowest BCUT2D eigenvalue weighted by Gasteiger charge is -2.25. The lowest BCUT2D eigenvalue weighted by molar-refractivity contribution is 0.0823.